The maximum atomic E-state index is 9.83. The predicted octanol–water partition coefficient (Wildman–Crippen LogP) is -0.394. The molecule has 10 heavy (non-hydrogen) atoms. The Hall–Kier alpha value is -1.21. The highest BCUT2D eigenvalue weighted by Gasteiger charge is 1.86. The summed E-state index contributed by atoms with van der Waals surface area (Å²) in [5.74, 6) is 5.29. The Morgan fingerprint density at radius 2 is 2.30 bits per heavy atom. The zero-order chi connectivity index (χ0) is 7.82. The van der Waals surface area contributed by atoms with E-state index in [2.05, 4.69) is 17.2 Å². The number of carbonyl (C=O) groups is 1. The first-order valence-corrected chi connectivity index (χ1v) is 2.90. The quantitative estimate of drug-likeness (QED) is 0.459. The summed E-state index contributed by atoms with van der Waals surface area (Å²) < 4.78 is 0. The standard InChI is InChI=1S/C6H10N2O2/c7-4-2-1-3-5-8-6(9)10/h8H,2,4-5,7H2,(H,9,10). The van der Waals surface area contributed by atoms with E-state index >= 15 is 0 Å². The SMILES string of the molecule is NCCC#CCNC(=O)O. The van der Waals surface area contributed by atoms with E-state index in [1.165, 1.54) is 0 Å². The van der Waals surface area contributed by atoms with Crippen molar-refractivity contribution in [1.82, 2.24) is 5.32 Å². The molecule has 56 valence electrons. The van der Waals surface area contributed by atoms with E-state index in [1.807, 2.05) is 0 Å². The van der Waals surface area contributed by atoms with Crippen LogP contribution in [-0.2, 0) is 0 Å². The fourth-order valence-electron chi connectivity index (χ4n) is 0.343. The summed E-state index contributed by atoms with van der Waals surface area (Å²) in [5, 5.41) is 10.2. The van der Waals surface area contributed by atoms with Crippen molar-refractivity contribution >= 4 is 6.09 Å². The van der Waals surface area contributed by atoms with Gasteiger partial charge in [-0.3, -0.25) is 0 Å². The first-order chi connectivity index (χ1) is 4.77. The molecule has 0 fully saturated rings. The lowest BCUT2D eigenvalue weighted by Crippen LogP contribution is -2.20. The summed E-state index contributed by atoms with van der Waals surface area (Å²) in [6.45, 7) is 0.690. The molecule has 0 aromatic carbocycles. The molecule has 0 saturated heterocycles. The largest absolute Gasteiger partial charge is 0.465 e. The highest BCUT2D eigenvalue weighted by molar-refractivity contribution is 5.64. The van der Waals surface area contributed by atoms with Gasteiger partial charge in [0.25, 0.3) is 0 Å². The molecule has 4 heteroatoms. The Bertz CT molecular complexity index is 157. The topological polar surface area (TPSA) is 75.3 Å². The number of hydrogen-bond acceptors (Lipinski definition) is 2. The first-order valence-electron chi connectivity index (χ1n) is 2.90. The molecule has 0 saturated carbocycles. The van der Waals surface area contributed by atoms with Crippen molar-refractivity contribution in [2.45, 2.75) is 6.42 Å². The molecule has 0 unspecified atom stereocenters. The molecule has 4 N–H and O–H groups in total. The molecular weight excluding hydrogens is 132 g/mol. The molecule has 0 aromatic heterocycles. The van der Waals surface area contributed by atoms with Gasteiger partial charge in [0.15, 0.2) is 0 Å². The second kappa shape index (κ2) is 5.92. The fourth-order valence-corrected chi connectivity index (χ4v) is 0.343. The van der Waals surface area contributed by atoms with Gasteiger partial charge in [-0.2, -0.15) is 0 Å². The highest BCUT2D eigenvalue weighted by atomic mass is 16.4. The Morgan fingerprint density at radius 3 is 2.80 bits per heavy atom. The summed E-state index contributed by atoms with van der Waals surface area (Å²) in [5.41, 5.74) is 5.13. The van der Waals surface area contributed by atoms with Gasteiger partial charge in [0.05, 0.1) is 6.54 Å². The van der Waals surface area contributed by atoms with Crippen LogP contribution in [0.1, 0.15) is 6.42 Å². The minimum Gasteiger partial charge on any atom is -0.465 e. The summed E-state index contributed by atoms with van der Waals surface area (Å²) in [4.78, 5) is 9.83. The van der Waals surface area contributed by atoms with Crippen molar-refractivity contribution < 1.29 is 9.90 Å². The van der Waals surface area contributed by atoms with Gasteiger partial charge in [0, 0.05) is 13.0 Å². The summed E-state index contributed by atoms with van der Waals surface area (Å²) in [6, 6.07) is 0. The van der Waals surface area contributed by atoms with E-state index in [0.717, 1.165) is 0 Å². The van der Waals surface area contributed by atoms with E-state index in [-0.39, 0.29) is 6.54 Å². The predicted molar refractivity (Wildman–Crippen MR) is 37.5 cm³/mol. The van der Waals surface area contributed by atoms with Crippen LogP contribution in [0.3, 0.4) is 0 Å². The average Bonchev–Trinajstić information content (AvgIpc) is 1.87. The van der Waals surface area contributed by atoms with E-state index in [4.69, 9.17) is 10.8 Å². The van der Waals surface area contributed by atoms with E-state index in [1.54, 1.807) is 0 Å². The number of amides is 1. The Kier molecular flexibility index (Phi) is 5.20. The molecular formula is C6H10N2O2. The third kappa shape index (κ3) is 6.79. The van der Waals surface area contributed by atoms with Gasteiger partial charge < -0.3 is 16.2 Å². The minimum absolute atomic E-state index is 0.176. The number of hydrogen-bond donors (Lipinski definition) is 3. The Morgan fingerprint density at radius 1 is 1.60 bits per heavy atom. The maximum Gasteiger partial charge on any atom is 0.405 e. The number of carboxylic acid groups (broad SMARTS) is 1. The zero-order valence-corrected chi connectivity index (χ0v) is 5.55. The van der Waals surface area contributed by atoms with Crippen molar-refractivity contribution in [1.29, 1.82) is 0 Å². The van der Waals surface area contributed by atoms with Crippen LogP contribution in [0.25, 0.3) is 0 Å². The van der Waals surface area contributed by atoms with Gasteiger partial charge in [-0.05, 0) is 0 Å². The highest BCUT2D eigenvalue weighted by Crippen LogP contribution is 1.66. The number of nitrogens with two attached hydrogens (primary N) is 1. The molecule has 0 spiro atoms. The van der Waals surface area contributed by atoms with Crippen LogP contribution in [0.2, 0.25) is 0 Å². The van der Waals surface area contributed by atoms with Crippen molar-refractivity contribution in [3.8, 4) is 11.8 Å². The van der Waals surface area contributed by atoms with Gasteiger partial charge >= 0.3 is 6.09 Å². The molecule has 0 aromatic rings. The maximum absolute atomic E-state index is 9.83. The molecule has 0 heterocycles. The van der Waals surface area contributed by atoms with Crippen molar-refractivity contribution in [2.75, 3.05) is 13.1 Å². The molecule has 0 atom stereocenters. The van der Waals surface area contributed by atoms with Crippen molar-refractivity contribution in [3.63, 3.8) is 0 Å². The molecule has 0 aliphatic rings. The van der Waals surface area contributed by atoms with Gasteiger partial charge in [-0.1, -0.05) is 5.92 Å². The first kappa shape index (κ1) is 8.79. The van der Waals surface area contributed by atoms with Crippen LogP contribution >= 0.6 is 0 Å². The number of rotatable bonds is 2. The van der Waals surface area contributed by atoms with Crippen LogP contribution in [-0.4, -0.2) is 24.3 Å². The smallest absolute Gasteiger partial charge is 0.405 e. The molecule has 0 rings (SSSR count). The van der Waals surface area contributed by atoms with Crippen LogP contribution in [0.5, 0.6) is 0 Å². The van der Waals surface area contributed by atoms with Gasteiger partial charge in [-0.25, -0.2) is 4.79 Å². The lowest BCUT2D eigenvalue weighted by atomic mass is 10.4. The second-order valence-corrected chi connectivity index (χ2v) is 1.55. The molecule has 4 nitrogen and oxygen atoms in total. The molecule has 0 radical (unpaired) electrons. The van der Waals surface area contributed by atoms with Crippen molar-refractivity contribution in [3.05, 3.63) is 0 Å². The van der Waals surface area contributed by atoms with Crippen LogP contribution in [0.15, 0.2) is 0 Å². The van der Waals surface area contributed by atoms with Crippen LogP contribution in [0.4, 0.5) is 4.79 Å². The summed E-state index contributed by atoms with van der Waals surface area (Å²) in [6.07, 6.45) is -0.441. The minimum atomic E-state index is -1.05. The Labute approximate surface area is 59.4 Å². The lowest BCUT2D eigenvalue weighted by Gasteiger charge is -1.88. The Balaban J connectivity index is 3.20. The third-order valence-electron chi connectivity index (χ3n) is 0.722. The van der Waals surface area contributed by atoms with E-state index in [0.29, 0.717) is 13.0 Å². The lowest BCUT2D eigenvalue weighted by molar-refractivity contribution is 0.196. The van der Waals surface area contributed by atoms with Crippen LogP contribution in [0, 0.1) is 11.8 Å². The van der Waals surface area contributed by atoms with E-state index < -0.39 is 6.09 Å². The summed E-state index contributed by atoms with van der Waals surface area (Å²) >= 11 is 0. The summed E-state index contributed by atoms with van der Waals surface area (Å²) in [7, 11) is 0. The normalized spacial score (nSPS) is 7.70. The monoisotopic (exact) mass is 142 g/mol. The average molecular weight is 142 g/mol. The second-order valence-electron chi connectivity index (χ2n) is 1.55. The van der Waals surface area contributed by atoms with E-state index in [9.17, 15) is 4.79 Å². The van der Waals surface area contributed by atoms with Crippen molar-refractivity contribution in [2.24, 2.45) is 5.73 Å². The molecule has 0 bridgehead atoms. The fraction of sp³-hybridized carbons (Fsp3) is 0.500. The zero-order valence-electron chi connectivity index (χ0n) is 5.55. The van der Waals surface area contributed by atoms with Gasteiger partial charge in [0.1, 0.15) is 0 Å². The van der Waals surface area contributed by atoms with Gasteiger partial charge in [-0.15, -0.1) is 5.92 Å². The van der Waals surface area contributed by atoms with Crippen LogP contribution < -0.4 is 11.1 Å². The van der Waals surface area contributed by atoms with Gasteiger partial charge in [0.2, 0.25) is 0 Å². The molecule has 0 aliphatic carbocycles. The third-order valence-corrected chi connectivity index (χ3v) is 0.722. The number of nitrogens with one attached hydrogen (secondary N) is 1. The molecule has 0 aliphatic heterocycles. The molecule has 1 amide bonds.